The van der Waals surface area contributed by atoms with Crippen molar-refractivity contribution in [2.75, 3.05) is 6.54 Å². The van der Waals surface area contributed by atoms with Crippen molar-refractivity contribution in [2.24, 2.45) is 11.3 Å². The Balaban J connectivity index is 2.75. The number of nitrogens with zero attached hydrogens (tertiary/aromatic N) is 1. The molecule has 0 spiro atoms. The predicted octanol–water partition coefficient (Wildman–Crippen LogP) is 2.59. The Morgan fingerprint density at radius 3 is 2.62 bits per heavy atom. The fourth-order valence-electron chi connectivity index (χ4n) is 1.45. The normalized spacial score (nSPS) is 11.9. The number of amides is 1. The van der Waals surface area contributed by atoms with Gasteiger partial charge >= 0.3 is 5.97 Å². The van der Waals surface area contributed by atoms with Crippen molar-refractivity contribution in [3.8, 4) is 0 Å². The zero-order valence-electron chi connectivity index (χ0n) is 12.9. The van der Waals surface area contributed by atoms with Crippen LogP contribution in [-0.4, -0.2) is 28.5 Å². The zero-order valence-corrected chi connectivity index (χ0v) is 12.9. The van der Waals surface area contributed by atoms with Crippen LogP contribution in [0.25, 0.3) is 6.08 Å². The molecule has 0 aliphatic carbocycles. The molecule has 5 nitrogen and oxygen atoms in total. The molecule has 1 aromatic heterocycles. The van der Waals surface area contributed by atoms with Crippen molar-refractivity contribution in [3.05, 3.63) is 35.7 Å². The fraction of sp³-hybridized carbons (Fsp3) is 0.438. The number of hydrogen-bond acceptors (Lipinski definition) is 3. The highest BCUT2D eigenvalue weighted by Crippen LogP contribution is 2.24. The lowest BCUT2D eigenvalue weighted by Crippen LogP contribution is -2.37. The van der Waals surface area contributed by atoms with Gasteiger partial charge in [0, 0.05) is 25.0 Å². The standard InChI is InChI=1S/C16H22N2O3/c1-11(2)16(3,4)10-18-15(21)13-7-12(8-17-9-13)5-6-14(19)20/h5-9,11H,10H2,1-4H3,(H,18,21)(H,19,20)/b6-5+. The van der Waals surface area contributed by atoms with E-state index in [9.17, 15) is 9.59 Å². The molecule has 0 aliphatic heterocycles. The lowest BCUT2D eigenvalue weighted by molar-refractivity contribution is -0.131. The van der Waals surface area contributed by atoms with E-state index in [0.29, 0.717) is 23.6 Å². The van der Waals surface area contributed by atoms with Gasteiger partial charge in [-0.2, -0.15) is 0 Å². The first-order valence-electron chi connectivity index (χ1n) is 6.86. The Morgan fingerprint density at radius 1 is 1.38 bits per heavy atom. The first kappa shape index (κ1) is 16.9. The Kier molecular flexibility index (Phi) is 5.64. The summed E-state index contributed by atoms with van der Waals surface area (Å²) in [4.78, 5) is 26.6. The summed E-state index contributed by atoms with van der Waals surface area (Å²) in [5, 5.41) is 11.5. The topological polar surface area (TPSA) is 79.3 Å². The first-order chi connectivity index (χ1) is 9.72. The average Bonchev–Trinajstić information content (AvgIpc) is 2.42. The maximum atomic E-state index is 12.1. The second kappa shape index (κ2) is 7.02. The summed E-state index contributed by atoms with van der Waals surface area (Å²) in [6.07, 6.45) is 5.40. The van der Waals surface area contributed by atoms with Crippen molar-refractivity contribution in [1.82, 2.24) is 10.3 Å². The molecule has 21 heavy (non-hydrogen) atoms. The third kappa shape index (κ3) is 5.38. The van der Waals surface area contributed by atoms with E-state index < -0.39 is 5.97 Å². The van der Waals surface area contributed by atoms with Gasteiger partial charge in [-0.25, -0.2) is 4.79 Å². The molecule has 0 bridgehead atoms. The number of carbonyl (C=O) groups excluding carboxylic acids is 1. The van der Waals surface area contributed by atoms with Crippen LogP contribution in [0.3, 0.4) is 0 Å². The van der Waals surface area contributed by atoms with Gasteiger partial charge in [-0.15, -0.1) is 0 Å². The summed E-state index contributed by atoms with van der Waals surface area (Å²) in [6.45, 7) is 9.00. The molecule has 0 saturated heterocycles. The van der Waals surface area contributed by atoms with Gasteiger partial charge in [-0.1, -0.05) is 27.7 Å². The van der Waals surface area contributed by atoms with E-state index in [2.05, 4.69) is 38.0 Å². The molecule has 0 atom stereocenters. The summed E-state index contributed by atoms with van der Waals surface area (Å²) in [5.41, 5.74) is 0.999. The number of aromatic nitrogens is 1. The van der Waals surface area contributed by atoms with Gasteiger partial charge in [-0.05, 0) is 29.0 Å². The van der Waals surface area contributed by atoms with Crippen LogP contribution in [0.2, 0.25) is 0 Å². The molecule has 1 rings (SSSR count). The van der Waals surface area contributed by atoms with E-state index in [1.807, 2.05) is 0 Å². The van der Waals surface area contributed by atoms with Gasteiger partial charge < -0.3 is 10.4 Å². The number of rotatable bonds is 6. The third-order valence-electron chi connectivity index (χ3n) is 3.71. The maximum absolute atomic E-state index is 12.1. The van der Waals surface area contributed by atoms with Crippen LogP contribution in [-0.2, 0) is 4.79 Å². The molecule has 2 N–H and O–H groups in total. The zero-order chi connectivity index (χ0) is 16.0. The van der Waals surface area contributed by atoms with Gasteiger partial charge in [0.2, 0.25) is 0 Å². The SMILES string of the molecule is CC(C)C(C)(C)CNC(=O)c1cncc(/C=C/C(=O)O)c1. The van der Waals surface area contributed by atoms with Gasteiger partial charge in [0.05, 0.1) is 5.56 Å². The Morgan fingerprint density at radius 2 is 2.05 bits per heavy atom. The lowest BCUT2D eigenvalue weighted by Gasteiger charge is -2.29. The van der Waals surface area contributed by atoms with Crippen LogP contribution in [0.4, 0.5) is 0 Å². The van der Waals surface area contributed by atoms with E-state index in [4.69, 9.17) is 5.11 Å². The van der Waals surface area contributed by atoms with Crippen LogP contribution in [0, 0.1) is 11.3 Å². The quantitative estimate of drug-likeness (QED) is 0.789. The molecule has 0 aromatic carbocycles. The highest BCUT2D eigenvalue weighted by molar-refractivity contribution is 5.94. The van der Waals surface area contributed by atoms with E-state index >= 15 is 0 Å². The highest BCUT2D eigenvalue weighted by atomic mass is 16.4. The number of hydrogen-bond donors (Lipinski definition) is 2. The van der Waals surface area contributed by atoms with Crippen LogP contribution < -0.4 is 5.32 Å². The maximum Gasteiger partial charge on any atom is 0.328 e. The molecule has 1 heterocycles. The second-order valence-electron chi connectivity index (χ2n) is 6.00. The molecule has 1 amide bonds. The van der Waals surface area contributed by atoms with E-state index in [-0.39, 0.29) is 11.3 Å². The van der Waals surface area contributed by atoms with E-state index in [1.165, 1.54) is 18.5 Å². The minimum absolute atomic E-state index is 0.00388. The minimum Gasteiger partial charge on any atom is -0.478 e. The number of carbonyl (C=O) groups is 2. The molecule has 0 saturated carbocycles. The fourth-order valence-corrected chi connectivity index (χ4v) is 1.45. The highest BCUT2D eigenvalue weighted by Gasteiger charge is 2.23. The van der Waals surface area contributed by atoms with Gasteiger partial charge in [0.1, 0.15) is 0 Å². The third-order valence-corrected chi connectivity index (χ3v) is 3.71. The number of nitrogens with one attached hydrogen (secondary N) is 1. The van der Waals surface area contributed by atoms with Crippen LogP contribution >= 0.6 is 0 Å². The van der Waals surface area contributed by atoms with Crippen molar-refractivity contribution in [2.45, 2.75) is 27.7 Å². The van der Waals surface area contributed by atoms with Gasteiger partial charge in [0.15, 0.2) is 0 Å². The Bertz CT molecular complexity index is 548. The van der Waals surface area contributed by atoms with Crippen molar-refractivity contribution >= 4 is 18.0 Å². The van der Waals surface area contributed by atoms with E-state index in [1.54, 1.807) is 6.07 Å². The molecular weight excluding hydrogens is 268 g/mol. The smallest absolute Gasteiger partial charge is 0.328 e. The number of carboxylic acid groups (broad SMARTS) is 1. The average molecular weight is 290 g/mol. The number of aliphatic carboxylic acids is 1. The molecular formula is C16H22N2O3. The number of pyridine rings is 1. The summed E-state index contributed by atoms with van der Waals surface area (Å²) < 4.78 is 0. The Labute approximate surface area is 125 Å². The largest absolute Gasteiger partial charge is 0.478 e. The summed E-state index contributed by atoms with van der Waals surface area (Å²) in [6, 6.07) is 1.62. The molecule has 0 aliphatic rings. The van der Waals surface area contributed by atoms with Crippen LogP contribution in [0.1, 0.15) is 43.6 Å². The van der Waals surface area contributed by atoms with Crippen molar-refractivity contribution < 1.29 is 14.7 Å². The number of carboxylic acids is 1. The molecule has 0 radical (unpaired) electrons. The molecule has 5 heteroatoms. The summed E-state index contributed by atoms with van der Waals surface area (Å²) in [7, 11) is 0. The van der Waals surface area contributed by atoms with Crippen molar-refractivity contribution in [1.29, 1.82) is 0 Å². The van der Waals surface area contributed by atoms with Crippen LogP contribution in [0.15, 0.2) is 24.5 Å². The second-order valence-corrected chi connectivity index (χ2v) is 6.00. The molecule has 114 valence electrons. The van der Waals surface area contributed by atoms with E-state index in [0.717, 1.165) is 6.08 Å². The molecule has 0 unspecified atom stereocenters. The van der Waals surface area contributed by atoms with Crippen LogP contribution in [0.5, 0.6) is 0 Å². The summed E-state index contributed by atoms with van der Waals surface area (Å²) >= 11 is 0. The predicted molar refractivity (Wildman–Crippen MR) is 81.9 cm³/mol. The minimum atomic E-state index is -1.04. The lowest BCUT2D eigenvalue weighted by atomic mass is 9.81. The molecule has 0 fully saturated rings. The molecule has 1 aromatic rings. The Hall–Kier alpha value is -2.17. The monoisotopic (exact) mass is 290 g/mol. The van der Waals surface area contributed by atoms with Gasteiger partial charge in [0.25, 0.3) is 5.91 Å². The van der Waals surface area contributed by atoms with Crippen molar-refractivity contribution in [3.63, 3.8) is 0 Å². The van der Waals surface area contributed by atoms with Gasteiger partial charge in [-0.3, -0.25) is 9.78 Å². The first-order valence-corrected chi connectivity index (χ1v) is 6.86. The summed E-state index contributed by atoms with van der Waals surface area (Å²) in [5.74, 6) is -0.800.